The molecule has 25 heavy (non-hydrogen) atoms. The Morgan fingerprint density at radius 2 is 1.80 bits per heavy atom. The number of hydrogen-bond acceptors (Lipinski definition) is 5. The Balaban J connectivity index is 1.54. The highest BCUT2D eigenvalue weighted by Crippen LogP contribution is 2.25. The molecule has 122 valence electrons. The normalized spacial score (nSPS) is 10.7. The third-order valence-electron chi connectivity index (χ3n) is 3.79. The van der Waals surface area contributed by atoms with Gasteiger partial charge in [-0.15, -0.1) is 11.3 Å². The van der Waals surface area contributed by atoms with Crippen LogP contribution in [0, 0.1) is 0 Å². The average molecular weight is 346 g/mol. The molecule has 4 rings (SSSR count). The molecule has 0 aliphatic rings. The summed E-state index contributed by atoms with van der Waals surface area (Å²) in [6, 6.07) is 13.6. The first kappa shape index (κ1) is 15.4. The lowest BCUT2D eigenvalue weighted by atomic mass is 10.1. The number of carbonyl (C=O) groups is 1. The maximum absolute atomic E-state index is 12.5. The van der Waals surface area contributed by atoms with Crippen molar-refractivity contribution in [3.63, 3.8) is 0 Å². The number of pyridine rings is 1. The minimum absolute atomic E-state index is 0.104. The SMILES string of the molecule is O=C(NCc1nccnc1-c1ccncc1)c1cc2ccccc2s1. The van der Waals surface area contributed by atoms with E-state index in [0.717, 1.165) is 27.0 Å². The molecule has 3 heterocycles. The van der Waals surface area contributed by atoms with Gasteiger partial charge in [0.1, 0.15) is 0 Å². The van der Waals surface area contributed by atoms with E-state index in [0.29, 0.717) is 11.4 Å². The van der Waals surface area contributed by atoms with Gasteiger partial charge in [0.25, 0.3) is 5.91 Å². The fourth-order valence-electron chi connectivity index (χ4n) is 2.59. The lowest BCUT2D eigenvalue weighted by Crippen LogP contribution is -2.23. The van der Waals surface area contributed by atoms with Crippen LogP contribution in [0.4, 0.5) is 0 Å². The fraction of sp³-hybridized carbons (Fsp3) is 0.0526. The quantitative estimate of drug-likeness (QED) is 0.612. The van der Waals surface area contributed by atoms with Gasteiger partial charge in [0.2, 0.25) is 0 Å². The van der Waals surface area contributed by atoms with Gasteiger partial charge in [0, 0.05) is 35.1 Å². The standard InChI is InChI=1S/C19H14N4OS/c24-19(17-11-14-3-1-2-4-16(14)25-17)23-12-15-18(22-10-9-21-15)13-5-7-20-8-6-13/h1-11H,12H2,(H,23,24). The Hall–Kier alpha value is -3.12. The van der Waals surface area contributed by atoms with Gasteiger partial charge in [-0.3, -0.25) is 19.7 Å². The largest absolute Gasteiger partial charge is 0.346 e. The number of hydrogen-bond donors (Lipinski definition) is 1. The van der Waals surface area contributed by atoms with Crippen molar-refractivity contribution in [3.8, 4) is 11.3 Å². The van der Waals surface area contributed by atoms with E-state index in [1.807, 2.05) is 42.5 Å². The molecule has 4 aromatic rings. The molecule has 0 bridgehead atoms. The molecule has 5 nitrogen and oxygen atoms in total. The van der Waals surface area contributed by atoms with Gasteiger partial charge < -0.3 is 5.32 Å². The van der Waals surface area contributed by atoms with E-state index in [-0.39, 0.29) is 5.91 Å². The molecule has 0 aliphatic heterocycles. The molecule has 0 aliphatic carbocycles. The second-order valence-electron chi connectivity index (χ2n) is 5.42. The van der Waals surface area contributed by atoms with Crippen LogP contribution in [0.25, 0.3) is 21.3 Å². The number of rotatable bonds is 4. The average Bonchev–Trinajstić information content (AvgIpc) is 3.11. The summed E-state index contributed by atoms with van der Waals surface area (Å²) in [5.74, 6) is -0.104. The molecule has 0 saturated heterocycles. The van der Waals surface area contributed by atoms with Crippen LogP contribution >= 0.6 is 11.3 Å². The molecule has 1 N–H and O–H groups in total. The number of fused-ring (bicyclic) bond motifs is 1. The van der Waals surface area contributed by atoms with Crippen LogP contribution in [0.3, 0.4) is 0 Å². The second kappa shape index (κ2) is 6.78. The van der Waals surface area contributed by atoms with Crippen molar-refractivity contribution in [2.75, 3.05) is 0 Å². The first-order valence-corrected chi connectivity index (χ1v) is 8.60. The van der Waals surface area contributed by atoms with Crippen molar-refractivity contribution in [3.05, 3.63) is 77.8 Å². The molecule has 1 aromatic carbocycles. The first-order chi connectivity index (χ1) is 12.3. The highest BCUT2D eigenvalue weighted by molar-refractivity contribution is 7.20. The molecule has 0 atom stereocenters. The number of carbonyl (C=O) groups excluding carboxylic acids is 1. The van der Waals surface area contributed by atoms with Crippen molar-refractivity contribution < 1.29 is 4.79 Å². The lowest BCUT2D eigenvalue weighted by Gasteiger charge is -2.08. The number of nitrogens with one attached hydrogen (secondary N) is 1. The van der Waals surface area contributed by atoms with E-state index in [2.05, 4.69) is 20.3 Å². The Labute approximate surface area is 148 Å². The predicted molar refractivity (Wildman–Crippen MR) is 98.3 cm³/mol. The van der Waals surface area contributed by atoms with Crippen LogP contribution in [-0.4, -0.2) is 20.9 Å². The van der Waals surface area contributed by atoms with Gasteiger partial charge in [-0.1, -0.05) is 18.2 Å². The van der Waals surface area contributed by atoms with E-state index in [9.17, 15) is 4.79 Å². The van der Waals surface area contributed by atoms with E-state index in [1.54, 1.807) is 24.8 Å². The summed E-state index contributed by atoms with van der Waals surface area (Å²) in [5.41, 5.74) is 2.40. The molecule has 0 unspecified atom stereocenters. The monoisotopic (exact) mass is 346 g/mol. The van der Waals surface area contributed by atoms with Gasteiger partial charge in [-0.05, 0) is 29.7 Å². The van der Waals surface area contributed by atoms with E-state index in [1.165, 1.54) is 11.3 Å². The molecule has 0 radical (unpaired) electrons. The molecule has 3 aromatic heterocycles. The maximum Gasteiger partial charge on any atom is 0.261 e. The summed E-state index contributed by atoms with van der Waals surface area (Å²) < 4.78 is 1.10. The molecular formula is C19H14N4OS. The summed E-state index contributed by atoms with van der Waals surface area (Å²) >= 11 is 1.48. The second-order valence-corrected chi connectivity index (χ2v) is 6.50. The highest BCUT2D eigenvalue weighted by atomic mass is 32.1. The van der Waals surface area contributed by atoms with Crippen LogP contribution < -0.4 is 5.32 Å². The minimum Gasteiger partial charge on any atom is -0.346 e. The van der Waals surface area contributed by atoms with E-state index >= 15 is 0 Å². The van der Waals surface area contributed by atoms with Crippen molar-refractivity contribution in [2.45, 2.75) is 6.54 Å². The summed E-state index contributed by atoms with van der Waals surface area (Å²) in [5, 5.41) is 4.02. The zero-order valence-electron chi connectivity index (χ0n) is 13.2. The topological polar surface area (TPSA) is 67.8 Å². The van der Waals surface area contributed by atoms with Gasteiger partial charge >= 0.3 is 0 Å². The molecular weight excluding hydrogens is 332 g/mol. The molecule has 1 amide bonds. The fourth-order valence-corrected chi connectivity index (χ4v) is 3.57. The van der Waals surface area contributed by atoms with Gasteiger partial charge in [0.15, 0.2) is 0 Å². The first-order valence-electron chi connectivity index (χ1n) is 7.78. The Morgan fingerprint density at radius 1 is 1.00 bits per heavy atom. The van der Waals surface area contributed by atoms with Crippen molar-refractivity contribution >= 4 is 27.3 Å². The minimum atomic E-state index is -0.104. The third-order valence-corrected chi connectivity index (χ3v) is 4.91. The Morgan fingerprint density at radius 3 is 2.64 bits per heavy atom. The van der Waals surface area contributed by atoms with Gasteiger partial charge in [0.05, 0.1) is 22.8 Å². The Bertz CT molecular complexity index is 997. The Kier molecular flexibility index (Phi) is 4.18. The molecule has 0 saturated carbocycles. The van der Waals surface area contributed by atoms with Crippen LogP contribution in [-0.2, 0) is 6.54 Å². The smallest absolute Gasteiger partial charge is 0.261 e. The maximum atomic E-state index is 12.5. The molecule has 0 spiro atoms. The third kappa shape index (κ3) is 3.25. The van der Waals surface area contributed by atoms with Crippen molar-refractivity contribution in [1.82, 2.24) is 20.3 Å². The van der Waals surface area contributed by atoms with E-state index in [4.69, 9.17) is 0 Å². The zero-order valence-corrected chi connectivity index (χ0v) is 14.0. The van der Waals surface area contributed by atoms with Crippen molar-refractivity contribution in [2.24, 2.45) is 0 Å². The highest BCUT2D eigenvalue weighted by Gasteiger charge is 2.12. The summed E-state index contributed by atoms with van der Waals surface area (Å²) in [6.07, 6.45) is 6.70. The van der Waals surface area contributed by atoms with E-state index < -0.39 is 0 Å². The zero-order chi connectivity index (χ0) is 17.1. The lowest BCUT2D eigenvalue weighted by molar-refractivity contribution is 0.0954. The summed E-state index contributed by atoms with van der Waals surface area (Å²) in [7, 11) is 0. The number of thiophene rings is 1. The number of nitrogens with zero attached hydrogens (tertiary/aromatic N) is 3. The predicted octanol–water partition coefficient (Wildman–Crippen LogP) is 3.68. The number of aromatic nitrogens is 3. The molecule has 6 heteroatoms. The van der Waals surface area contributed by atoms with Crippen molar-refractivity contribution in [1.29, 1.82) is 0 Å². The van der Waals surface area contributed by atoms with Gasteiger partial charge in [-0.25, -0.2) is 0 Å². The molecule has 0 fully saturated rings. The van der Waals surface area contributed by atoms with Crippen LogP contribution in [0.1, 0.15) is 15.4 Å². The van der Waals surface area contributed by atoms with Crippen LogP contribution in [0.2, 0.25) is 0 Å². The van der Waals surface area contributed by atoms with Crippen LogP contribution in [0.5, 0.6) is 0 Å². The van der Waals surface area contributed by atoms with Crippen LogP contribution in [0.15, 0.2) is 67.3 Å². The van der Waals surface area contributed by atoms with Gasteiger partial charge in [-0.2, -0.15) is 0 Å². The number of amides is 1. The summed E-state index contributed by atoms with van der Waals surface area (Å²) in [4.78, 5) is 26.0. The summed E-state index contributed by atoms with van der Waals surface area (Å²) in [6.45, 7) is 0.318. The number of benzene rings is 1.